The van der Waals surface area contributed by atoms with Crippen molar-refractivity contribution < 1.29 is 14.6 Å². The Kier molecular flexibility index (Phi) is 4.54. The highest BCUT2D eigenvalue weighted by Gasteiger charge is 2.44. The van der Waals surface area contributed by atoms with Crippen molar-refractivity contribution in [1.29, 1.82) is 0 Å². The van der Waals surface area contributed by atoms with Gasteiger partial charge in [0.15, 0.2) is 0 Å². The lowest BCUT2D eigenvalue weighted by atomic mass is 9.70. The summed E-state index contributed by atoms with van der Waals surface area (Å²) >= 11 is 0. The predicted molar refractivity (Wildman–Crippen MR) is 105 cm³/mol. The van der Waals surface area contributed by atoms with Crippen LogP contribution in [-0.2, 0) is 4.79 Å². The number of anilines is 1. The Morgan fingerprint density at radius 1 is 1.07 bits per heavy atom. The Morgan fingerprint density at radius 3 is 2.48 bits per heavy atom. The largest absolute Gasteiger partial charge is 0.481 e. The van der Waals surface area contributed by atoms with Crippen LogP contribution in [0.3, 0.4) is 0 Å². The predicted octanol–water partition coefficient (Wildman–Crippen LogP) is 4.81. The van der Waals surface area contributed by atoms with Crippen LogP contribution in [0, 0.1) is 5.41 Å². The molecule has 5 nitrogen and oxygen atoms in total. The summed E-state index contributed by atoms with van der Waals surface area (Å²) in [6.45, 7) is 5.56. The van der Waals surface area contributed by atoms with Crippen LogP contribution in [0.4, 0.5) is 5.82 Å². The van der Waals surface area contributed by atoms with E-state index in [2.05, 4.69) is 4.90 Å². The van der Waals surface area contributed by atoms with Crippen molar-refractivity contribution in [3.05, 3.63) is 47.5 Å². The standard InChI is InChI=1S/C22H26N2O3/c1-22(2,21(25)26)19-15-9-5-6-10-17(15)27-20-16(19)11-12-18(23-20)24-13-7-3-4-8-14-24/h5-6,9-12,19H,3-4,7-8,13-14H2,1-2H3,(H,25,26)/t19-/m0/s1. The van der Waals surface area contributed by atoms with Gasteiger partial charge < -0.3 is 14.7 Å². The molecule has 0 radical (unpaired) electrons. The van der Waals surface area contributed by atoms with Crippen molar-refractivity contribution in [2.75, 3.05) is 18.0 Å². The Bertz CT molecular complexity index is 854. The summed E-state index contributed by atoms with van der Waals surface area (Å²) in [5, 5.41) is 9.86. The minimum atomic E-state index is -0.972. The smallest absolute Gasteiger partial charge is 0.310 e. The molecular weight excluding hydrogens is 340 g/mol. The van der Waals surface area contributed by atoms with Gasteiger partial charge in [-0.25, -0.2) is 0 Å². The van der Waals surface area contributed by atoms with Crippen LogP contribution in [0.25, 0.3) is 0 Å². The quantitative estimate of drug-likeness (QED) is 0.844. The molecule has 2 aliphatic rings. The number of aliphatic carboxylic acids is 1. The summed E-state index contributed by atoms with van der Waals surface area (Å²) in [7, 11) is 0. The number of carboxylic acid groups (broad SMARTS) is 1. The molecule has 142 valence electrons. The van der Waals surface area contributed by atoms with Gasteiger partial charge in [-0.3, -0.25) is 4.79 Å². The van der Waals surface area contributed by atoms with E-state index < -0.39 is 11.4 Å². The molecule has 2 aromatic rings. The normalized spacial score (nSPS) is 19.5. The molecule has 4 rings (SSSR count). The van der Waals surface area contributed by atoms with Gasteiger partial charge in [-0.15, -0.1) is 0 Å². The molecular formula is C22H26N2O3. The number of carboxylic acids is 1. The van der Waals surface area contributed by atoms with Crippen LogP contribution in [0.2, 0.25) is 0 Å². The number of aromatic nitrogens is 1. The first kappa shape index (κ1) is 17.8. The molecule has 1 aromatic heterocycles. The zero-order valence-corrected chi connectivity index (χ0v) is 15.9. The van der Waals surface area contributed by atoms with Crippen molar-refractivity contribution >= 4 is 11.8 Å². The van der Waals surface area contributed by atoms with E-state index in [1.807, 2.05) is 36.4 Å². The van der Waals surface area contributed by atoms with E-state index >= 15 is 0 Å². The van der Waals surface area contributed by atoms with Crippen molar-refractivity contribution in [3.8, 4) is 11.6 Å². The van der Waals surface area contributed by atoms with Gasteiger partial charge in [-0.05, 0) is 44.9 Å². The minimum Gasteiger partial charge on any atom is -0.481 e. The number of pyridine rings is 1. The van der Waals surface area contributed by atoms with Gasteiger partial charge in [0.1, 0.15) is 11.6 Å². The maximum absolute atomic E-state index is 12.0. The molecule has 0 unspecified atom stereocenters. The minimum absolute atomic E-state index is 0.305. The van der Waals surface area contributed by atoms with E-state index in [9.17, 15) is 9.90 Å². The number of hydrogen-bond donors (Lipinski definition) is 1. The summed E-state index contributed by atoms with van der Waals surface area (Å²) in [4.78, 5) is 19.1. The van der Waals surface area contributed by atoms with E-state index in [1.165, 1.54) is 25.7 Å². The second-order valence-electron chi connectivity index (χ2n) is 8.06. The molecule has 1 atom stereocenters. The molecule has 27 heavy (non-hydrogen) atoms. The Balaban J connectivity index is 1.79. The number of carbonyl (C=O) groups is 1. The highest BCUT2D eigenvalue weighted by Crippen LogP contribution is 2.51. The molecule has 1 N–H and O–H groups in total. The molecule has 0 aliphatic carbocycles. The summed E-state index contributed by atoms with van der Waals surface area (Å²) in [5.41, 5.74) is 0.779. The molecule has 1 saturated heterocycles. The number of rotatable bonds is 3. The third kappa shape index (κ3) is 3.15. The lowest BCUT2D eigenvalue weighted by Gasteiger charge is -2.36. The Labute approximate surface area is 160 Å². The van der Waals surface area contributed by atoms with Crippen LogP contribution >= 0.6 is 0 Å². The van der Waals surface area contributed by atoms with Gasteiger partial charge in [0.25, 0.3) is 0 Å². The zero-order valence-electron chi connectivity index (χ0n) is 15.9. The number of fused-ring (bicyclic) bond motifs is 2. The molecule has 0 saturated carbocycles. The van der Waals surface area contributed by atoms with Crippen molar-refractivity contribution in [2.24, 2.45) is 5.41 Å². The lowest BCUT2D eigenvalue weighted by molar-refractivity contribution is -0.147. The van der Waals surface area contributed by atoms with Gasteiger partial charge in [-0.1, -0.05) is 31.0 Å². The van der Waals surface area contributed by atoms with E-state index in [-0.39, 0.29) is 5.92 Å². The first-order valence-corrected chi connectivity index (χ1v) is 9.74. The maximum Gasteiger partial charge on any atom is 0.310 e. The van der Waals surface area contributed by atoms with Crippen molar-refractivity contribution in [2.45, 2.75) is 45.4 Å². The van der Waals surface area contributed by atoms with Gasteiger partial charge >= 0.3 is 5.97 Å². The molecule has 2 aliphatic heterocycles. The third-order valence-electron chi connectivity index (χ3n) is 5.83. The monoisotopic (exact) mass is 366 g/mol. The molecule has 0 spiro atoms. The van der Waals surface area contributed by atoms with Crippen LogP contribution in [0.5, 0.6) is 11.6 Å². The SMILES string of the molecule is CC(C)(C(=O)O)[C@H]1c2ccccc2Oc2nc(N3CCCCCC3)ccc21. The number of nitrogens with zero attached hydrogens (tertiary/aromatic N) is 2. The number of ether oxygens (including phenoxy) is 1. The molecule has 5 heteroatoms. The van der Waals surface area contributed by atoms with Crippen LogP contribution in [-0.4, -0.2) is 29.1 Å². The summed E-state index contributed by atoms with van der Waals surface area (Å²) in [6, 6.07) is 11.7. The van der Waals surface area contributed by atoms with Crippen molar-refractivity contribution in [3.63, 3.8) is 0 Å². The maximum atomic E-state index is 12.0. The number of para-hydroxylation sites is 1. The van der Waals surface area contributed by atoms with E-state index in [1.54, 1.807) is 13.8 Å². The fraction of sp³-hybridized carbons (Fsp3) is 0.455. The summed E-state index contributed by atoms with van der Waals surface area (Å²) < 4.78 is 6.11. The van der Waals surface area contributed by atoms with Gasteiger partial charge in [0.2, 0.25) is 5.88 Å². The van der Waals surface area contributed by atoms with Crippen LogP contribution < -0.4 is 9.64 Å². The fourth-order valence-electron chi connectivity index (χ4n) is 4.20. The van der Waals surface area contributed by atoms with Gasteiger partial charge in [0.05, 0.1) is 5.41 Å². The van der Waals surface area contributed by atoms with Crippen molar-refractivity contribution in [1.82, 2.24) is 4.98 Å². The first-order valence-electron chi connectivity index (χ1n) is 9.74. The molecule has 1 aromatic carbocycles. The lowest BCUT2D eigenvalue weighted by Crippen LogP contribution is -2.34. The third-order valence-corrected chi connectivity index (χ3v) is 5.83. The molecule has 3 heterocycles. The van der Waals surface area contributed by atoms with Gasteiger partial charge in [-0.2, -0.15) is 4.98 Å². The Morgan fingerprint density at radius 2 is 1.78 bits per heavy atom. The summed E-state index contributed by atoms with van der Waals surface area (Å²) in [5.74, 6) is 1.02. The molecule has 0 amide bonds. The molecule has 1 fully saturated rings. The fourth-order valence-corrected chi connectivity index (χ4v) is 4.20. The highest BCUT2D eigenvalue weighted by atomic mass is 16.5. The van der Waals surface area contributed by atoms with E-state index in [0.717, 1.165) is 30.0 Å². The average Bonchev–Trinajstić information content (AvgIpc) is 2.94. The Hall–Kier alpha value is -2.56. The van der Waals surface area contributed by atoms with E-state index in [0.29, 0.717) is 11.6 Å². The van der Waals surface area contributed by atoms with Gasteiger partial charge in [0, 0.05) is 30.1 Å². The highest BCUT2D eigenvalue weighted by molar-refractivity contribution is 5.77. The topological polar surface area (TPSA) is 62.7 Å². The average molecular weight is 366 g/mol. The second-order valence-corrected chi connectivity index (χ2v) is 8.06. The zero-order chi connectivity index (χ0) is 19.0. The first-order chi connectivity index (χ1) is 13.0. The van der Waals surface area contributed by atoms with E-state index in [4.69, 9.17) is 9.72 Å². The van der Waals surface area contributed by atoms with Crippen LogP contribution in [0.15, 0.2) is 36.4 Å². The summed E-state index contributed by atoms with van der Waals surface area (Å²) in [6.07, 6.45) is 4.88. The number of benzene rings is 1. The second kappa shape index (κ2) is 6.87. The molecule has 0 bridgehead atoms. The number of hydrogen-bond acceptors (Lipinski definition) is 4. The van der Waals surface area contributed by atoms with Crippen LogP contribution in [0.1, 0.15) is 56.6 Å².